The van der Waals surface area contributed by atoms with Crippen LogP contribution in [0.15, 0.2) is 48.5 Å². The molecule has 1 heterocycles. The molecule has 1 saturated heterocycles. The van der Waals surface area contributed by atoms with Crippen LogP contribution in [0.2, 0.25) is 5.02 Å². The number of ether oxygens (including phenoxy) is 2. The molecule has 1 fully saturated rings. The number of rotatable bonds is 6. The van der Waals surface area contributed by atoms with E-state index >= 15 is 0 Å². The van der Waals surface area contributed by atoms with Crippen LogP contribution in [0, 0.1) is 0 Å². The summed E-state index contributed by atoms with van der Waals surface area (Å²) in [7, 11) is 1.66. The van der Waals surface area contributed by atoms with Gasteiger partial charge in [0.25, 0.3) is 5.91 Å². The van der Waals surface area contributed by atoms with Crippen molar-refractivity contribution in [3.8, 4) is 11.5 Å². The summed E-state index contributed by atoms with van der Waals surface area (Å²) in [6.07, 6.45) is 0.125. The first kappa shape index (κ1) is 19.4. The van der Waals surface area contributed by atoms with Crippen LogP contribution in [-0.2, 0) is 4.79 Å². The van der Waals surface area contributed by atoms with Gasteiger partial charge in [-0.1, -0.05) is 24.6 Å². The molecule has 0 bridgehead atoms. The number of piperazine rings is 1. The van der Waals surface area contributed by atoms with Gasteiger partial charge in [-0.2, -0.15) is 0 Å². The predicted molar refractivity (Wildman–Crippen MR) is 108 cm³/mol. The highest BCUT2D eigenvalue weighted by Crippen LogP contribution is 2.22. The average Bonchev–Trinajstić information content (AvgIpc) is 2.72. The van der Waals surface area contributed by atoms with Crippen LogP contribution in [0.25, 0.3) is 0 Å². The van der Waals surface area contributed by atoms with Gasteiger partial charge in [-0.05, 0) is 48.9 Å². The Hall–Kier alpha value is -2.40. The molecule has 0 aliphatic carbocycles. The zero-order valence-electron chi connectivity index (χ0n) is 15.7. The summed E-state index contributed by atoms with van der Waals surface area (Å²) in [6.45, 7) is 4.92. The number of methoxy groups -OCH3 is 1. The number of halogens is 1. The standard InChI is InChI=1S/C21H25ClN2O3/c1-3-20(27-19-6-4-5-16(22)15-19)21(25)24-13-11-23(12-14-24)17-7-9-18(26-2)10-8-17/h4-10,15,20H,3,11-14H2,1-2H3/t20-/m1/s1. The number of benzene rings is 2. The van der Waals surface area contributed by atoms with Crippen LogP contribution in [0.4, 0.5) is 5.69 Å². The van der Waals surface area contributed by atoms with Crippen molar-refractivity contribution in [2.75, 3.05) is 38.2 Å². The average molecular weight is 389 g/mol. The number of carbonyl (C=O) groups excluding carboxylic acids is 1. The van der Waals surface area contributed by atoms with E-state index in [1.807, 2.05) is 48.2 Å². The summed E-state index contributed by atoms with van der Waals surface area (Å²) in [6, 6.07) is 15.2. The number of amides is 1. The molecule has 1 aliphatic heterocycles. The Kier molecular flexibility index (Phi) is 6.45. The van der Waals surface area contributed by atoms with Crippen LogP contribution in [-0.4, -0.2) is 50.2 Å². The van der Waals surface area contributed by atoms with Crippen LogP contribution < -0.4 is 14.4 Å². The lowest BCUT2D eigenvalue weighted by Crippen LogP contribution is -2.52. The van der Waals surface area contributed by atoms with Gasteiger partial charge < -0.3 is 19.3 Å². The largest absolute Gasteiger partial charge is 0.497 e. The first-order valence-electron chi connectivity index (χ1n) is 9.20. The minimum Gasteiger partial charge on any atom is -0.497 e. The number of anilines is 1. The highest BCUT2D eigenvalue weighted by molar-refractivity contribution is 6.30. The van der Waals surface area contributed by atoms with E-state index in [1.165, 1.54) is 0 Å². The first-order valence-corrected chi connectivity index (χ1v) is 9.58. The number of carbonyl (C=O) groups is 1. The molecule has 1 atom stereocenters. The fraction of sp³-hybridized carbons (Fsp3) is 0.381. The van der Waals surface area contributed by atoms with Crippen LogP contribution >= 0.6 is 11.6 Å². The Labute approximate surface area is 165 Å². The molecule has 0 unspecified atom stereocenters. The second-order valence-electron chi connectivity index (χ2n) is 6.48. The number of hydrogen-bond donors (Lipinski definition) is 0. The lowest BCUT2D eigenvalue weighted by Gasteiger charge is -2.37. The zero-order valence-corrected chi connectivity index (χ0v) is 16.5. The van der Waals surface area contributed by atoms with Gasteiger partial charge in [-0.25, -0.2) is 0 Å². The fourth-order valence-electron chi connectivity index (χ4n) is 3.19. The molecule has 2 aromatic carbocycles. The lowest BCUT2D eigenvalue weighted by atomic mass is 10.2. The summed E-state index contributed by atoms with van der Waals surface area (Å²) < 4.78 is 11.1. The maximum Gasteiger partial charge on any atom is 0.263 e. The minimum absolute atomic E-state index is 0.0341. The number of hydrogen-bond acceptors (Lipinski definition) is 4. The van der Waals surface area contributed by atoms with E-state index in [9.17, 15) is 4.79 Å². The highest BCUT2D eigenvalue weighted by Gasteiger charge is 2.28. The molecule has 144 valence electrons. The number of nitrogens with zero attached hydrogens (tertiary/aromatic N) is 2. The molecule has 1 amide bonds. The van der Waals surface area contributed by atoms with Crippen LogP contribution in [0.3, 0.4) is 0 Å². The van der Waals surface area contributed by atoms with Crippen molar-refractivity contribution in [2.45, 2.75) is 19.4 Å². The Bertz CT molecular complexity index is 758. The van der Waals surface area contributed by atoms with E-state index in [4.69, 9.17) is 21.1 Å². The maximum atomic E-state index is 12.9. The predicted octanol–water partition coefficient (Wildman–Crippen LogP) is 3.85. The summed E-state index contributed by atoms with van der Waals surface area (Å²) >= 11 is 6.00. The van der Waals surface area contributed by atoms with Gasteiger partial charge in [0, 0.05) is 36.9 Å². The van der Waals surface area contributed by atoms with Crippen LogP contribution in [0.5, 0.6) is 11.5 Å². The Balaban J connectivity index is 1.57. The normalized spacial score (nSPS) is 15.4. The van der Waals surface area contributed by atoms with Gasteiger partial charge in [-0.3, -0.25) is 4.79 Å². The summed E-state index contributed by atoms with van der Waals surface area (Å²) in [4.78, 5) is 17.0. The Morgan fingerprint density at radius 1 is 1.07 bits per heavy atom. The Morgan fingerprint density at radius 3 is 2.37 bits per heavy atom. The van der Waals surface area contributed by atoms with Crippen LogP contribution in [0.1, 0.15) is 13.3 Å². The third-order valence-corrected chi connectivity index (χ3v) is 4.98. The summed E-state index contributed by atoms with van der Waals surface area (Å²) in [5.41, 5.74) is 1.14. The van der Waals surface area contributed by atoms with E-state index in [1.54, 1.807) is 19.2 Å². The molecule has 0 aromatic heterocycles. The van der Waals surface area contributed by atoms with Gasteiger partial charge in [0.1, 0.15) is 11.5 Å². The molecule has 1 aliphatic rings. The van der Waals surface area contributed by atoms with Crippen molar-refractivity contribution in [2.24, 2.45) is 0 Å². The molecule has 0 spiro atoms. The monoisotopic (exact) mass is 388 g/mol. The molecule has 3 rings (SSSR count). The third kappa shape index (κ3) is 4.86. The minimum atomic E-state index is -0.490. The second kappa shape index (κ2) is 9.00. The molecule has 0 N–H and O–H groups in total. The van der Waals surface area contributed by atoms with Crippen molar-refractivity contribution < 1.29 is 14.3 Å². The quantitative estimate of drug-likeness (QED) is 0.753. The molecule has 27 heavy (non-hydrogen) atoms. The van der Waals surface area contributed by atoms with Crippen molar-refractivity contribution in [1.29, 1.82) is 0 Å². The second-order valence-corrected chi connectivity index (χ2v) is 6.92. The maximum absolute atomic E-state index is 12.9. The van der Waals surface area contributed by atoms with Gasteiger partial charge in [0.05, 0.1) is 7.11 Å². The SMILES string of the molecule is CC[C@@H](Oc1cccc(Cl)c1)C(=O)N1CCN(c2ccc(OC)cc2)CC1. The molecular weight excluding hydrogens is 364 g/mol. The molecule has 2 aromatic rings. The molecule has 6 heteroatoms. The van der Waals surface area contributed by atoms with E-state index in [0.717, 1.165) is 24.5 Å². The highest BCUT2D eigenvalue weighted by atomic mass is 35.5. The van der Waals surface area contributed by atoms with Crippen molar-refractivity contribution in [3.63, 3.8) is 0 Å². The summed E-state index contributed by atoms with van der Waals surface area (Å²) in [5.74, 6) is 1.50. The Morgan fingerprint density at radius 2 is 1.78 bits per heavy atom. The van der Waals surface area contributed by atoms with E-state index in [0.29, 0.717) is 30.3 Å². The van der Waals surface area contributed by atoms with E-state index < -0.39 is 6.10 Å². The molecule has 0 saturated carbocycles. The molecule has 5 nitrogen and oxygen atoms in total. The topological polar surface area (TPSA) is 42.0 Å². The van der Waals surface area contributed by atoms with Crippen molar-refractivity contribution >= 4 is 23.2 Å². The fourth-order valence-corrected chi connectivity index (χ4v) is 3.37. The summed E-state index contributed by atoms with van der Waals surface area (Å²) in [5, 5.41) is 0.600. The van der Waals surface area contributed by atoms with Gasteiger partial charge in [0.15, 0.2) is 6.10 Å². The smallest absolute Gasteiger partial charge is 0.263 e. The first-order chi connectivity index (χ1) is 13.1. The lowest BCUT2D eigenvalue weighted by molar-refractivity contribution is -0.139. The zero-order chi connectivity index (χ0) is 19.2. The van der Waals surface area contributed by atoms with Crippen molar-refractivity contribution in [1.82, 2.24) is 4.90 Å². The van der Waals surface area contributed by atoms with Gasteiger partial charge >= 0.3 is 0 Å². The third-order valence-electron chi connectivity index (χ3n) is 4.75. The van der Waals surface area contributed by atoms with Crippen molar-refractivity contribution in [3.05, 3.63) is 53.6 Å². The van der Waals surface area contributed by atoms with E-state index in [2.05, 4.69) is 4.90 Å². The van der Waals surface area contributed by atoms with Gasteiger partial charge in [-0.15, -0.1) is 0 Å². The molecular formula is C21H25ClN2O3. The van der Waals surface area contributed by atoms with E-state index in [-0.39, 0.29) is 5.91 Å². The van der Waals surface area contributed by atoms with Gasteiger partial charge in [0.2, 0.25) is 0 Å². The molecule has 0 radical (unpaired) electrons.